The zero-order valence-corrected chi connectivity index (χ0v) is 11.3. The Morgan fingerprint density at radius 3 is 2.50 bits per heavy atom. The third-order valence-corrected chi connectivity index (χ3v) is 2.87. The number of likely N-dealkylation sites (N-methyl/N-ethyl adjacent to an activating group) is 1. The smallest absolute Gasteiger partial charge is 0.239 e. The van der Waals surface area contributed by atoms with Gasteiger partial charge in [-0.1, -0.05) is 25.5 Å². The van der Waals surface area contributed by atoms with Crippen LogP contribution in [0.3, 0.4) is 0 Å². The van der Waals surface area contributed by atoms with E-state index in [0.717, 1.165) is 24.2 Å². The molecule has 0 fully saturated rings. The van der Waals surface area contributed by atoms with E-state index in [9.17, 15) is 4.79 Å². The number of hydrogen-bond acceptors (Lipinski definition) is 3. The molecule has 0 unspecified atom stereocenters. The van der Waals surface area contributed by atoms with Crippen LogP contribution in [-0.4, -0.2) is 31.0 Å². The van der Waals surface area contributed by atoms with Crippen LogP contribution in [0.5, 0.6) is 5.75 Å². The minimum absolute atomic E-state index is 0.00679. The first-order chi connectivity index (χ1) is 8.58. The van der Waals surface area contributed by atoms with Crippen molar-refractivity contribution >= 4 is 5.91 Å². The summed E-state index contributed by atoms with van der Waals surface area (Å²) in [6.45, 7) is 2.59. The zero-order valence-electron chi connectivity index (χ0n) is 11.3. The quantitative estimate of drug-likeness (QED) is 0.837. The molecule has 0 saturated carbocycles. The molecule has 0 aliphatic carbocycles. The Bertz CT molecular complexity index is 376. The lowest BCUT2D eigenvalue weighted by Crippen LogP contribution is -2.41. The summed E-state index contributed by atoms with van der Waals surface area (Å²) in [5, 5.41) is 0. The first-order valence-electron chi connectivity index (χ1n) is 6.22. The topological polar surface area (TPSA) is 55.6 Å². The van der Waals surface area contributed by atoms with Crippen LogP contribution in [0.4, 0.5) is 0 Å². The van der Waals surface area contributed by atoms with E-state index in [4.69, 9.17) is 10.5 Å². The highest BCUT2D eigenvalue weighted by atomic mass is 16.5. The molecule has 100 valence electrons. The van der Waals surface area contributed by atoms with Crippen molar-refractivity contribution in [2.45, 2.75) is 32.4 Å². The molecule has 1 rings (SSSR count). The van der Waals surface area contributed by atoms with Crippen molar-refractivity contribution in [1.29, 1.82) is 0 Å². The maximum atomic E-state index is 11.9. The molecule has 1 amide bonds. The summed E-state index contributed by atoms with van der Waals surface area (Å²) in [6.07, 6.45) is 1.65. The van der Waals surface area contributed by atoms with Crippen LogP contribution in [-0.2, 0) is 11.3 Å². The largest absolute Gasteiger partial charge is 0.497 e. The molecule has 2 N–H and O–H groups in total. The van der Waals surface area contributed by atoms with Crippen LogP contribution in [0, 0.1) is 0 Å². The Balaban J connectivity index is 2.57. The van der Waals surface area contributed by atoms with E-state index in [1.807, 2.05) is 31.2 Å². The molecule has 0 aliphatic rings. The van der Waals surface area contributed by atoms with Crippen molar-refractivity contribution in [3.05, 3.63) is 29.8 Å². The predicted molar refractivity (Wildman–Crippen MR) is 72.4 cm³/mol. The molecule has 1 atom stereocenters. The monoisotopic (exact) mass is 250 g/mol. The van der Waals surface area contributed by atoms with Crippen LogP contribution in [0.25, 0.3) is 0 Å². The molecular weight excluding hydrogens is 228 g/mol. The van der Waals surface area contributed by atoms with Gasteiger partial charge in [0.2, 0.25) is 5.91 Å². The summed E-state index contributed by atoms with van der Waals surface area (Å²) in [5.41, 5.74) is 6.88. The second-order valence-corrected chi connectivity index (χ2v) is 4.44. The lowest BCUT2D eigenvalue weighted by Gasteiger charge is -2.21. The first-order valence-corrected chi connectivity index (χ1v) is 6.22. The van der Waals surface area contributed by atoms with Gasteiger partial charge in [0.1, 0.15) is 5.75 Å². The van der Waals surface area contributed by atoms with Gasteiger partial charge in [-0.3, -0.25) is 4.79 Å². The van der Waals surface area contributed by atoms with Crippen LogP contribution in [0.1, 0.15) is 25.3 Å². The number of amides is 1. The van der Waals surface area contributed by atoms with E-state index in [-0.39, 0.29) is 5.91 Å². The van der Waals surface area contributed by atoms with Crippen molar-refractivity contribution in [2.75, 3.05) is 14.2 Å². The number of nitrogens with two attached hydrogens (primary N) is 1. The average molecular weight is 250 g/mol. The molecule has 0 heterocycles. The molecular formula is C14H22N2O2. The summed E-state index contributed by atoms with van der Waals surface area (Å²) in [7, 11) is 3.41. The summed E-state index contributed by atoms with van der Waals surface area (Å²) in [6, 6.07) is 7.29. The third kappa shape index (κ3) is 4.04. The van der Waals surface area contributed by atoms with E-state index < -0.39 is 6.04 Å². The number of nitrogens with zero attached hydrogens (tertiary/aromatic N) is 1. The molecule has 0 spiro atoms. The molecule has 1 aromatic rings. The van der Waals surface area contributed by atoms with Gasteiger partial charge in [-0.25, -0.2) is 0 Å². The van der Waals surface area contributed by atoms with Crippen molar-refractivity contribution < 1.29 is 9.53 Å². The van der Waals surface area contributed by atoms with E-state index in [1.54, 1.807) is 19.1 Å². The van der Waals surface area contributed by atoms with Crippen LogP contribution in [0.2, 0.25) is 0 Å². The molecule has 0 aliphatic heterocycles. The molecule has 4 heteroatoms. The van der Waals surface area contributed by atoms with E-state index in [0.29, 0.717) is 6.54 Å². The Hall–Kier alpha value is -1.55. The second kappa shape index (κ2) is 7.01. The summed E-state index contributed by atoms with van der Waals surface area (Å²) < 4.78 is 5.09. The van der Waals surface area contributed by atoms with Gasteiger partial charge in [-0.05, 0) is 24.1 Å². The Kier molecular flexibility index (Phi) is 5.65. The normalized spacial score (nSPS) is 12.0. The minimum atomic E-state index is -0.391. The SMILES string of the molecule is CCC[C@@H](N)C(=O)N(C)Cc1ccc(OC)cc1. The van der Waals surface area contributed by atoms with Crippen molar-refractivity contribution in [3.8, 4) is 5.75 Å². The minimum Gasteiger partial charge on any atom is -0.497 e. The predicted octanol–water partition coefficient (Wildman–Crippen LogP) is 1.78. The molecule has 0 bridgehead atoms. The number of ether oxygens (including phenoxy) is 1. The van der Waals surface area contributed by atoms with Crippen LogP contribution < -0.4 is 10.5 Å². The highest BCUT2D eigenvalue weighted by molar-refractivity contribution is 5.81. The Morgan fingerprint density at radius 2 is 2.00 bits per heavy atom. The standard InChI is InChI=1S/C14H22N2O2/c1-4-5-13(15)14(17)16(2)10-11-6-8-12(18-3)9-7-11/h6-9,13H,4-5,10,15H2,1-3H3/t13-/m1/s1. The fourth-order valence-corrected chi connectivity index (χ4v) is 1.80. The average Bonchev–Trinajstić information content (AvgIpc) is 2.39. The van der Waals surface area contributed by atoms with Gasteiger partial charge in [-0.15, -0.1) is 0 Å². The highest BCUT2D eigenvalue weighted by Crippen LogP contribution is 2.13. The van der Waals surface area contributed by atoms with Gasteiger partial charge in [0, 0.05) is 13.6 Å². The lowest BCUT2D eigenvalue weighted by atomic mass is 10.1. The zero-order chi connectivity index (χ0) is 13.5. The van der Waals surface area contributed by atoms with Crippen molar-refractivity contribution in [2.24, 2.45) is 5.73 Å². The fraction of sp³-hybridized carbons (Fsp3) is 0.500. The van der Waals surface area contributed by atoms with Gasteiger partial charge >= 0.3 is 0 Å². The van der Waals surface area contributed by atoms with Gasteiger partial charge in [0.15, 0.2) is 0 Å². The van der Waals surface area contributed by atoms with Crippen molar-refractivity contribution in [1.82, 2.24) is 4.90 Å². The number of carbonyl (C=O) groups excluding carboxylic acids is 1. The first kappa shape index (κ1) is 14.5. The summed E-state index contributed by atoms with van der Waals surface area (Å²) >= 11 is 0. The summed E-state index contributed by atoms with van der Waals surface area (Å²) in [4.78, 5) is 13.6. The highest BCUT2D eigenvalue weighted by Gasteiger charge is 2.16. The molecule has 0 aromatic heterocycles. The molecule has 1 aromatic carbocycles. The van der Waals surface area contributed by atoms with Gasteiger partial charge < -0.3 is 15.4 Å². The van der Waals surface area contributed by atoms with Gasteiger partial charge in [-0.2, -0.15) is 0 Å². The van der Waals surface area contributed by atoms with Gasteiger partial charge in [0.25, 0.3) is 0 Å². The number of methoxy groups -OCH3 is 1. The molecule has 4 nitrogen and oxygen atoms in total. The maximum Gasteiger partial charge on any atom is 0.239 e. The lowest BCUT2D eigenvalue weighted by molar-refractivity contribution is -0.131. The van der Waals surface area contributed by atoms with Gasteiger partial charge in [0.05, 0.1) is 13.2 Å². The van der Waals surface area contributed by atoms with E-state index in [2.05, 4.69) is 0 Å². The maximum absolute atomic E-state index is 11.9. The third-order valence-electron chi connectivity index (χ3n) is 2.87. The Morgan fingerprint density at radius 1 is 1.39 bits per heavy atom. The van der Waals surface area contributed by atoms with Crippen LogP contribution in [0.15, 0.2) is 24.3 Å². The molecule has 0 saturated heterocycles. The van der Waals surface area contributed by atoms with E-state index in [1.165, 1.54) is 0 Å². The van der Waals surface area contributed by atoms with Crippen molar-refractivity contribution in [3.63, 3.8) is 0 Å². The number of rotatable bonds is 6. The molecule has 0 radical (unpaired) electrons. The number of hydrogen-bond donors (Lipinski definition) is 1. The van der Waals surface area contributed by atoms with Crippen LogP contribution >= 0.6 is 0 Å². The second-order valence-electron chi connectivity index (χ2n) is 4.44. The summed E-state index contributed by atoms with van der Waals surface area (Å²) in [5.74, 6) is 0.808. The van der Waals surface area contributed by atoms with E-state index >= 15 is 0 Å². The Labute approximate surface area is 109 Å². The molecule has 18 heavy (non-hydrogen) atoms. The number of carbonyl (C=O) groups is 1. The fourth-order valence-electron chi connectivity index (χ4n) is 1.80. The number of benzene rings is 1.